The molecule has 0 radical (unpaired) electrons. The van der Waals surface area contributed by atoms with Crippen LogP contribution in [0.2, 0.25) is 0 Å². The van der Waals surface area contributed by atoms with E-state index in [4.69, 9.17) is 0 Å². The lowest BCUT2D eigenvalue weighted by molar-refractivity contribution is -0.132. The van der Waals surface area contributed by atoms with Gasteiger partial charge >= 0.3 is 0 Å². The molecule has 1 saturated carbocycles. The Bertz CT molecular complexity index is 608. The predicted molar refractivity (Wildman–Crippen MR) is 98.4 cm³/mol. The molecule has 1 saturated heterocycles. The predicted octanol–water partition coefficient (Wildman–Crippen LogP) is 2.42. The first-order valence-electron chi connectivity index (χ1n) is 9.70. The number of carbonyl (C=O) groups is 2. The Hall–Kier alpha value is -1.95. The van der Waals surface area contributed by atoms with Gasteiger partial charge in [0, 0.05) is 50.7 Å². The summed E-state index contributed by atoms with van der Waals surface area (Å²) in [7, 11) is 0. The van der Waals surface area contributed by atoms with Gasteiger partial charge in [0.2, 0.25) is 5.91 Å². The van der Waals surface area contributed by atoms with Gasteiger partial charge in [0.1, 0.15) is 5.82 Å². The summed E-state index contributed by atoms with van der Waals surface area (Å²) < 4.78 is 13.2. The highest BCUT2D eigenvalue weighted by atomic mass is 19.1. The lowest BCUT2D eigenvalue weighted by atomic mass is 9.93. The molecule has 1 N–H and O–H groups in total. The highest BCUT2D eigenvalue weighted by Crippen LogP contribution is 2.24. The summed E-state index contributed by atoms with van der Waals surface area (Å²) >= 11 is 0. The van der Waals surface area contributed by atoms with Crippen LogP contribution in [-0.2, 0) is 4.79 Å². The van der Waals surface area contributed by atoms with Gasteiger partial charge in [-0.1, -0.05) is 19.3 Å². The minimum atomic E-state index is -0.348. The fraction of sp³-hybridized carbons (Fsp3) is 0.600. The van der Waals surface area contributed by atoms with Crippen LogP contribution in [0.1, 0.15) is 48.9 Å². The van der Waals surface area contributed by atoms with E-state index in [-0.39, 0.29) is 23.7 Å². The number of amides is 2. The third-order valence-corrected chi connectivity index (χ3v) is 5.40. The van der Waals surface area contributed by atoms with Crippen LogP contribution in [0.4, 0.5) is 4.39 Å². The van der Waals surface area contributed by atoms with E-state index in [1.165, 1.54) is 30.7 Å². The van der Waals surface area contributed by atoms with E-state index in [2.05, 4.69) is 5.32 Å². The molecule has 1 aromatic rings. The van der Waals surface area contributed by atoms with Gasteiger partial charge in [-0.25, -0.2) is 4.39 Å². The fourth-order valence-electron chi connectivity index (χ4n) is 3.89. The number of benzene rings is 1. The van der Waals surface area contributed by atoms with E-state index in [1.54, 1.807) is 0 Å². The maximum absolute atomic E-state index is 13.2. The van der Waals surface area contributed by atoms with E-state index in [1.807, 2.05) is 9.80 Å². The van der Waals surface area contributed by atoms with Gasteiger partial charge in [-0.15, -0.1) is 0 Å². The van der Waals surface area contributed by atoms with Crippen LogP contribution in [0.15, 0.2) is 24.3 Å². The standard InChI is InChI=1S/C20H28FN3O2/c21-17-8-6-16(7-9-17)20(26)24(18-4-2-1-3-5-18)13-10-19(25)23-14-11-22-12-15-23/h6-9,18,22H,1-5,10-15H2. The normalized spacial score (nSPS) is 18.6. The molecule has 0 atom stereocenters. The number of hydrogen-bond donors (Lipinski definition) is 1. The zero-order valence-corrected chi connectivity index (χ0v) is 15.3. The molecule has 2 aliphatic rings. The summed E-state index contributed by atoms with van der Waals surface area (Å²) in [5.41, 5.74) is 0.492. The summed E-state index contributed by atoms with van der Waals surface area (Å²) in [4.78, 5) is 29.2. The Morgan fingerprint density at radius 2 is 1.73 bits per heavy atom. The summed E-state index contributed by atoms with van der Waals surface area (Å²) in [6.45, 7) is 3.55. The number of nitrogens with one attached hydrogen (secondary N) is 1. The molecule has 0 spiro atoms. The van der Waals surface area contributed by atoms with Crippen molar-refractivity contribution in [2.75, 3.05) is 32.7 Å². The quantitative estimate of drug-likeness (QED) is 0.876. The van der Waals surface area contributed by atoms with Gasteiger partial charge in [0.15, 0.2) is 0 Å². The van der Waals surface area contributed by atoms with E-state index < -0.39 is 0 Å². The van der Waals surface area contributed by atoms with Crippen LogP contribution in [-0.4, -0.2) is 60.4 Å². The molecule has 1 aromatic carbocycles. The van der Waals surface area contributed by atoms with Crippen molar-refractivity contribution in [2.45, 2.75) is 44.6 Å². The second-order valence-electron chi connectivity index (χ2n) is 7.18. The van der Waals surface area contributed by atoms with Crippen molar-refractivity contribution in [3.8, 4) is 0 Å². The van der Waals surface area contributed by atoms with Crippen LogP contribution in [0, 0.1) is 5.82 Å². The molecule has 1 heterocycles. The second kappa shape index (κ2) is 9.12. The van der Waals surface area contributed by atoms with Gasteiger partial charge in [-0.3, -0.25) is 9.59 Å². The molecule has 2 amide bonds. The Labute approximate surface area is 154 Å². The molecule has 0 bridgehead atoms. The molecule has 3 rings (SSSR count). The van der Waals surface area contributed by atoms with Crippen LogP contribution < -0.4 is 5.32 Å². The van der Waals surface area contributed by atoms with Crippen molar-refractivity contribution < 1.29 is 14.0 Å². The van der Waals surface area contributed by atoms with E-state index in [0.717, 1.165) is 51.9 Å². The molecular weight excluding hydrogens is 333 g/mol. The number of nitrogens with zero attached hydrogens (tertiary/aromatic N) is 2. The first-order chi connectivity index (χ1) is 12.6. The molecular formula is C20H28FN3O2. The largest absolute Gasteiger partial charge is 0.340 e. The van der Waals surface area contributed by atoms with Crippen LogP contribution in [0.5, 0.6) is 0 Å². The lowest BCUT2D eigenvalue weighted by Crippen LogP contribution is -2.48. The Morgan fingerprint density at radius 3 is 2.38 bits per heavy atom. The minimum Gasteiger partial charge on any atom is -0.340 e. The Morgan fingerprint density at radius 1 is 1.08 bits per heavy atom. The topological polar surface area (TPSA) is 52.7 Å². The van der Waals surface area contributed by atoms with Crippen molar-refractivity contribution in [2.24, 2.45) is 0 Å². The van der Waals surface area contributed by atoms with Crippen molar-refractivity contribution >= 4 is 11.8 Å². The molecule has 6 heteroatoms. The van der Waals surface area contributed by atoms with Crippen molar-refractivity contribution in [1.29, 1.82) is 0 Å². The number of carbonyl (C=O) groups excluding carboxylic acids is 2. The summed E-state index contributed by atoms with van der Waals surface area (Å²) in [5.74, 6) is -0.330. The third kappa shape index (κ3) is 4.81. The van der Waals surface area contributed by atoms with Crippen LogP contribution in [0.25, 0.3) is 0 Å². The molecule has 1 aliphatic carbocycles. The molecule has 2 fully saturated rings. The molecule has 5 nitrogen and oxygen atoms in total. The molecule has 1 aliphatic heterocycles. The third-order valence-electron chi connectivity index (χ3n) is 5.40. The molecule has 0 unspecified atom stereocenters. The maximum Gasteiger partial charge on any atom is 0.254 e. The van der Waals surface area contributed by atoms with E-state index in [0.29, 0.717) is 18.5 Å². The Balaban J connectivity index is 1.67. The maximum atomic E-state index is 13.2. The van der Waals surface area contributed by atoms with Crippen molar-refractivity contribution in [3.05, 3.63) is 35.6 Å². The monoisotopic (exact) mass is 361 g/mol. The van der Waals surface area contributed by atoms with Gasteiger partial charge < -0.3 is 15.1 Å². The number of piperazine rings is 1. The average molecular weight is 361 g/mol. The van der Waals surface area contributed by atoms with Gasteiger partial charge in [-0.2, -0.15) is 0 Å². The summed E-state index contributed by atoms with van der Waals surface area (Å²) in [6, 6.07) is 5.88. The zero-order chi connectivity index (χ0) is 18.4. The first kappa shape index (κ1) is 18.8. The SMILES string of the molecule is O=C(CCN(C(=O)c1ccc(F)cc1)C1CCCCC1)N1CCNCC1. The van der Waals surface area contributed by atoms with E-state index >= 15 is 0 Å². The molecule has 142 valence electrons. The van der Waals surface area contributed by atoms with Crippen LogP contribution in [0.3, 0.4) is 0 Å². The van der Waals surface area contributed by atoms with Gasteiger partial charge in [0.25, 0.3) is 5.91 Å². The van der Waals surface area contributed by atoms with Crippen molar-refractivity contribution in [1.82, 2.24) is 15.1 Å². The average Bonchev–Trinajstić information content (AvgIpc) is 2.70. The smallest absolute Gasteiger partial charge is 0.254 e. The van der Waals surface area contributed by atoms with E-state index in [9.17, 15) is 14.0 Å². The van der Waals surface area contributed by atoms with Gasteiger partial charge in [-0.05, 0) is 37.1 Å². The number of hydrogen-bond acceptors (Lipinski definition) is 3. The second-order valence-corrected chi connectivity index (χ2v) is 7.18. The zero-order valence-electron chi connectivity index (χ0n) is 15.3. The number of rotatable bonds is 5. The molecule has 26 heavy (non-hydrogen) atoms. The number of halogens is 1. The fourth-order valence-corrected chi connectivity index (χ4v) is 3.89. The van der Waals surface area contributed by atoms with Crippen LogP contribution >= 0.6 is 0 Å². The Kier molecular flexibility index (Phi) is 6.61. The van der Waals surface area contributed by atoms with Gasteiger partial charge in [0.05, 0.1) is 0 Å². The molecule has 0 aromatic heterocycles. The lowest BCUT2D eigenvalue weighted by Gasteiger charge is -2.35. The van der Waals surface area contributed by atoms with Crippen molar-refractivity contribution in [3.63, 3.8) is 0 Å². The highest BCUT2D eigenvalue weighted by Gasteiger charge is 2.27. The highest BCUT2D eigenvalue weighted by molar-refractivity contribution is 5.94. The minimum absolute atomic E-state index is 0.0926. The summed E-state index contributed by atoms with van der Waals surface area (Å²) in [6.07, 6.45) is 5.74. The first-order valence-corrected chi connectivity index (χ1v) is 9.70. The summed E-state index contributed by atoms with van der Waals surface area (Å²) in [5, 5.41) is 3.24.